The minimum atomic E-state index is -0.855. The minimum Gasteiger partial charge on any atom is -0.463 e. The lowest BCUT2D eigenvalue weighted by molar-refractivity contribution is -0.156. The Morgan fingerprint density at radius 1 is 0.490 bits per heavy atom. The molecule has 2 amide bonds. The van der Waals surface area contributed by atoms with E-state index in [4.69, 9.17) is 4.74 Å². The first-order valence-corrected chi connectivity index (χ1v) is 22.5. The molecular weight excluding hydrogens is 633 g/mol. The molecule has 0 aliphatic heterocycles. The molecule has 302 valence electrons. The largest absolute Gasteiger partial charge is 0.463 e. The number of ether oxygens (including phenoxy) is 1. The van der Waals surface area contributed by atoms with Crippen LogP contribution in [-0.2, 0) is 19.1 Å². The average Bonchev–Trinajstić information content (AvgIpc) is 3.12. The summed E-state index contributed by atoms with van der Waals surface area (Å²) in [4.78, 5) is 38.5. The number of rotatable bonds is 39. The highest BCUT2D eigenvalue weighted by molar-refractivity contribution is 5.88. The van der Waals surface area contributed by atoms with Gasteiger partial charge < -0.3 is 15.4 Å². The topological polar surface area (TPSA) is 84.5 Å². The van der Waals surface area contributed by atoms with E-state index in [2.05, 4.69) is 24.5 Å². The van der Waals surface area contributed by atoms with Crippen LogP contribution in [0.2, 0.25) is 0 Å². The van der Waals surface area contributed by atoms with Crippen molar-refractivity contribution >= 4 is 17.8 Å². The standard InChI is InChI=1S/C45H88N2O4/c1-6-9-11-13-15-17-19-21-23-25-27-29-31-33-35-37-39-46-43(49)41(40-51-44(50)45(4,5)8-3)47-42(48)38-36-34-32-30-28-26-24-22-20-18-16-14-12-10-7-2/h41H,6-40H2,1-5H3,(H,46,49)(H,47,48). The molecular formula is C45H88N2O4. The second-order valence-corrected chi connectivity index (χ2v) is 16.3. The van der Waals surface area contributed by atoms with Crippen LogP contribution in [0.25, 0.3) is 0 Å². The average molecular weight is 721 g/mol. The van der Waals surface area contributed by atoms with E-state index in [0.717, 1.165) is 32.1 Å². The summed E-state index contributed by atoms with van der Waals surface area (Å²) < 4.78 is 5.54. The smallest absolute Gasteiger partial charge is 0.311 e. The van der Waals surface area contributed by atoms with Gasteiger partial charge in [0.25, 0.3) is 0 Å². The molecule has 0 aliphatic carbocycles. The zero-order valence-corrected chi connectivity index (χ0v) is 35.0. The molecule has 6 nitrogen and oxygen atoms in total. The number of nitrogens with one attached hydrogen (secondary N) is 2. The summed E-state index contributed by atoms with van der Waals surface area (Å²) in [6.45, 7) is 10.6. The van der Waals surface area contributed by atoms with Crippen LogP contribution in [-0.4, -0.2) is 37.0 Å². The molecule has 0 aromatic rings. The van der Waals surface area contributed by atoms with Gasteiger partial charge in [-0.25, -0.2) is 0 Å². The lowest BCUT2D eigenvalue weighted by atomic mass is 9.91. The number of esters is 1. The second-order valence-electron chi connectivity index (χ2n) is 16.3. The van der Waals surface area contributed by atoms with Gasteiger partial charge in [-0.2, -0.15) is 0 Å². The molecule has 0 radical (unpaired) electrons. The second kappa shape index (κ2) is 36.8. The Morgan fingerprint density at radius 3 is 1.18 bits per heavy atom. The monoisotopic (exact) mass is 721 g/mol. The Bertz CT molecular complexity index is 799. The van der Waals surface area contributed by atoms with Crippen molar-refractivity contribution in [2.75, 3.05) is 13.2 Å². The first-order chi connectivity index (χ1) is 24.8. The van der Waals surface area contributed by atoms with Crippen LogP contribution in [0.3, 0.4) is 0 Å². The number of carbonyl (C=O) groups is 3. The Morgan fingerprint density at radius 2 is 0.824 bits per heavy atom. The van der Waals surface area contributed by atoms with Gasteiger partial charge in [-0.15, -0.1) is 0 Å². The fourth-order valence-corrected chi connectivity index (χ4v) is 6.61. The molecule has 0 saturated heterocycles. The van der Waals surface area contributed by atoms with Gasteiger partial charge in [-0.3, -0.25) is 14.4 Å². The van der Waals surface area contributed by atoms with Gasteiger partial charge in [0.05, 0.1) is 5.41 Å². The van der Waals surface area contributed by atoms with E-state index >= 15 is 0 Å². The lowest BCUT2D eigenvalue weighted by Crippen LogP contribution is -2.50. The van der Waals surface area contributed by atoms with Crippen molar-refractivity contribution in [1.29, 1.82) is 0 Å². The quantitative estimate of drug-likeness (QED) is 0.0489. The Kier molecular flexibility index (Phi) is 35.6. The lowest BCUT2D eigenvalue weighted by Gasteiger charge is -2.23. The molecule has 0 rings (SSSR count). The molecule has 1 atom stereocenters. The van der Waals surface area contributed by atoms with Gasteiger partial charge in [-0.05, 0) is 33.1 Å². The third-order valence-corrected chi connectivity index (χ3v) is 10.8. The first-order valence-electron chi connectivity index (χ1n) is 22.5. The summed E-state index contributed by atoms with van der Waals surface area (Å²) >= 11 is 0. The van der Waals surface area contributed by atoms with E-state index in [9.17, 15) is 14.4 Å². The summed E-state index contributed by atoms with van der Waals surface area (Å²) in [7, 11) is 0. The van der Waals surface area contributed by atoms with Crippen LogP contribution in [0.5, 0.6) is 0 Å². The van der Waals surface area contributed by atoms with Crippen LogP contribution >= 0.6 is 0 Å². The number of unbranched alkanes of at least 4 members (excludes halogenated alkanes) is 29. The molecule has 0 aromatic carbocycles. The first kappa shape index (κ1) is 49.4. The van der Waals surface area contributed by atoms with Gasteiger partial charge in [0.2, 0.25) is 11.8 Å². The van der Waals surface area contributed by atoms with Gasteiger partial charge >= 0.3 is 5.97 Å². The molecule has 0 saturated carbocycles. The summed E-state index contributed by atoms with van der Waals surface area (Å²) in [5.74, 6) is -0.738. The van der Waals surface area contributed by atoms with Crippen LogP contribution in [0.4, 0.5) is 0 Å². The molecule has 0 bridgehead atoms. The maximum Gasteiger partial charge on any atom is 0.311 e. The van der Waals surface area contributed by atoms with Gasteiger partial charge in [-0.1, -0.05) is 207 Å². The van der Waals surface area contributed by atoms with Crippen molar-refractivity contribution in [2.45, 2.75) is 253 Å². The third kappa shape index (κ3) is 32.8. The van der Waals surface area contributed by atoms with Crippen molar-refractivity contribution in [3.63, 3.8) is 0 Å². The summed E-state index contributed by atoms with van der Waals surface area (Å²) in [6.07, 6.45) is 41.3. The van der Waals surface area contributed by atoms with E-state index in [1.165, 1.54) is 167 Å². The molecule has 2 N–H and O–H groups in total. The SMILES string of the molecule is CCCCCCCCCCCCCCCCCCNC(=O)C(COC(=O)C(C)(C)CC)NC(=O)CCCCCCCCCCCCCCCCC. The molecule has 0 spiro atoms. The molecule has 0 heterocycles. The zero-order valence-electron chi connectivity index (χ0n) is 35.0. The highest BCUT2D eigenvalue weighted by Crippen LogP contribution is 2.21. The Hall–Kier alpha value is -1.59. The van der Waals surface area contributed by atoms with Gasteiger partial charge in [0.15, 0.2) is 0 Å². The minimum absolute atomic E-state index is 0.127. The Labute approximate surface area is 317 Å². The maximum absolute atomic E-state index is 13.1. The predicted octanol–water partition coefficient (Wildman–Crippen LogP) is 13.1. The predicted molar refractivity (Wildman–Crippen MR) is 219 cm³/mol. The molecule has 0 fully saturated rings. The normalized spacial score (nSPS) is 12.2. The summed E-state index contributed by atoms with van der Waals surface area (Å²) in [5.41, 5.74) is -0.619. The van der Waals surface area contributed by atoms with Gasteiger partial charge in [0.1, 0.15) is 12.6 Å². The molecule has 6 heteroatoms. The highest BCUT2D eigenvalue weighted by Gasteiger charge is 2.29. The molecule has 0 aliphatic rings. The van der Waals surface area contributed by atoms with Crippen LogP contribution in [0.1, 0.15) is 247 Å². The van der Waals surface area contributed by atoms with Crippen molar-refractivity contribution < 1.29 is 19.1 Å². The fourth-order valence-electron chi connectivity index (χ4n) is 6.61. The summed E-state index contributed by atoms with van der Waals surface area (Å²) in [5, 5.41) is 5.86. The number of hydrogen-bond acceptors (Lipinski definition) is 4. The maximum atomic E-state index is 13.1. The van der Waals surface area contributed by atoms with Crippen LogP contribution in [0, 0.1) is 5.41 Å². The number of hydrogen-bond donors (Lipinski definition) is 2. The molecule has 1 unspecified atom stereocenters. The number of amides is 2. The van der Waals surface area contributed by atoms with E-state index in [-0.39, 0.29) is 24.4 Å². The van der Waals surface area contributed by atoms with Crippen LogP contribution < -0.4 is 10.6 Å². The van der Waals surface area contributed by atoms with Crippen molar-refractivity contribution in [3.8, 4) is 0 Å². The van der Waals surface area contributed by atoms with Crippen molar-refractivity contribution in [1.82, 2.24) is 10.6 Å². The third-order valence-electron chi connectivity index (χ3n) is 10.8. The number of carbonyl (C=O) groups excluding carboxylic acids is 3. The van der Waals surface area contributed by atoms with Crippen molar-refractivity contribution in [2.24, 2.45) is 5.41 Å². The zero-order chi connectivity index (χ0) is 37.7. The molecule has 0 aromatic heterocycles. The van der Waals surface area contributed by atoms with E-state index in [1.54, 1.807) is 0 Å². The van der Waals surface area contributed by atoms with E-state index in [0.29, 0.717) is 19.4 Å². The summed E-state index contributed by atoms with van der Waals surface area (Å²) in [6, 6.07) is -0.855. The van der Waals surface area contributed by atoms with E-state index < -0.39 is 11.5 Å². The Balaban J connectivity index is 4.13. The van der Waals surface area contributed by atoms with Crippen LogP contribution in [0.15, 0.2) is 0 Å². The van der Waals surface area contributed by atoms with Crippen molar-refractivity contribution in [3.05, 3.63) is 0 Å². The fraction of sp³-hybridized carbons (Fsp3) is 0.933. The van der Waals surface area contributed by atoms with Gasteiger partial charge in [0, 0.05) is 13.0 Å². The molecule has 51 heavy (non-hydrogen) atoms. The van der Waals surface area contributed by atoms with E-state index in [1.807, 2.05) is 20.8 Å². The highest BCUT2D eigenvalue weighted by atomic mass is 16.5.